The molecule has 2 N–H and O–H groups in total. The van der Waals surface area contributed by atoms with Gasteiger partial charge < -0.3 is 5.73 Å². The molecule has 0 radical (unpaired) electrons. The molecular formula is C12H17N. The third-order valence-corrected chi connectivity index (χ3v) is 2.34. The number of rotatable bonds is 2. The van der Waals surface area contributed by atoms with Crippen molar-refractivity contribution in [3.63, 3.8) is 0 Å². The highest BCUT2D eigenvalue weighted by Crippen LogP contribution is 2.23. The van der Waals surface area contributed by atoms with Crippen molar-refractivity contribution in [2.75, 3.05) is 5.73 Å². The van der Waals surface area contributed by atoms with Gasteiger partial charge in [0, 0.05) is 5.69 Å². The predicted molar refractivity (Wildman–Crippen MR) is 59.5 cm³/mol. The van der Waals surface area contributed by atoms with E-state index in [-0.39, 0.29) is 0 Å². The molecule has 1 aromatic rings. The molecule has 0 fully saturated rings. The van der Waals surface area contributed by atoms with Crippen LogP contribution in [0.1, 0.15) is 31.4 Å². The van der Waals surface area contributed by atoms with Crippen LogP contribution in [-0.2, 0) is 0 Å². The quantitative estimate of drug-likeness (QED) is 0.685. The molecule has 1 heteroatoms. The minimum absolute atomic E-state index is 0.841. The van der Waals surface area contributed by atoms with Gasteiger partial charge >= 0.3 is 0 Å². The van der Waals surface area contributed by atoms with Gasteiger partial charge in [0.25, 0.3) is 0 Å². The van der Waals surface area contributed by atoms with Crippen molar-refractivity contribution in [3.8, 4) is 0 Å². The van der Waals surface area contributed by atoms with Crippen molar-refractivity contribution < 1.29 is 0 Å². The standard InChI is InChI=1S/C12H17N/c1-4-10(5-2)12-8-11(13)7-6-9(12)3/h4,6-8H,5,13H2,1-3H3/b10-4-. The number of hydrogen-bond acceptors (Lipinski definition) is 1. The summed E-state index contributed by atoms with van der Waals surface area (Å²) in [5, 5.41) is 0. The normalized spacial score (nSPS) is 11.8. The minimum Gasteiger partial charge on any atom is -0.399 e. The van der Waals surface area contributed by atoms with E-state index in [0.717, 1.165) is 12.1 Å². The van der Waals surface area contributed by atoms with Crippen LogP contribution in [0.15, 0.2) is 24.3 Å². The van der Waals surface area contributed by atoms with Crippen LogP contribution in [0.4, 0.5) is 5.69 Å². The Morgan fingerprint density at radius 2 is 2.15 bits per heavy atom. The summed E-state index contributed by atoms with van der Waals surface area (Å²) in [6.45, 7) is 6.35. The van der Waals surface area contributed by atoms with Gasteiger partial charge in [0.05, 0.1) is 0 Å². The Morgan fingerprint density at radius 3 is 2.69 bits per heavy atom. The Hall–Kier alpha value is -1.24. The SMILES string of the molecule is C/C=C(/CC)c1cc(N)ccc1C. The number of aryl methyl sites for hydroxylation is 1. The fourth-order valence-electron chi connectivity index (χ4n) is 1.54. The third kappa shape index (κ3) is 2.11. The zero-order valence-electron chi connectivity index (χ0n) is 8.59. The third-order valence-electron chi connectivity index (χ3n) is 2.34. The molecule has 0 heterocycles. The van der Waals surface area contributed by atoms with Gasteiger partial charge in [0.15, 0.2) is 0 Å². The lowest BCUT2D eigenvalue weighted by atomic mass is 9.98. The lowest BCUT2D eigenvalue weighted by Crippen LogP contribution is -1.91. The van der Waals surface area contributed by atoms with E-state index in [1.165, 1.54) is 16.7 Å². The van der Waals surface area contributed by atoms with Gasteiger partial charge in [-0.25, -0.2) is 0 Å². The van der Waals surface area contributed by atoms with Crippen LogP contribution in [0.3, 0.4) is 0 Å². The molecule has 0 aliphatic rings. The second-order valence-electron chi connectivity index (χ2n) is 3.24. The van der Waals surface area contributed by atoms with Gasteiger partial charge in [-0.15, -0.1) is 0 Å². The van der Waals surface area contributed by atoms with E-state index in [1.54, 1.807) is 0 Å². The molecule has 0 aliphatic heterocycles. The molecule has 1 rings (SSSR count). The molecule has 0 unspecified atom stereocenters. The van der Waals surface area contributed by atoms with Crippen molar-refractivity contribution in [2.45, 2.75) is 27.2 Å². The van der Waals surface area contributed by atoms with E-state index in [9.17, 15) is 0 Å². The summed E-state index contributed by atoms with van der Waals surface area (Å²) >= 11 is 0. The molecule has 1 aromatic carbocycles. The summed E-state index contributed by atoms with van der Waals surface area (Å²) in [4.78, 5) is 0. The molecule has 0 amide bonds. The van der Waals surface area contributed by atoms with Gasteiger partial charge in [0.2, 0.25) is 0 Å². The van der Waals surface area contributed by atoms with Crippen molar-refractivity contribution in [1.29, 1.82) is 0 Å². The molecule has 0 saturated carbocycles. The highest BCUT2D eigenvalue weighted by Gasteiger charge is 2.02. The van der Waals surface area contributed by atoms with E-state index in [1.807, 2.05) is 12.1 Å². The number of benzene rings is 1. The number of nitrogens with two attached hydrogens (primary N) is 1. The maximum absolute atomic E-state index is 5.75. The monoisotopic (exact) mass is 175 g/mol. The average molecular weight is 175 g/mol. The van der Waals surface area contributed by atoms with Crippen LogP contribution in [0.25, 0.3) is 5.57 Å². The first kappa shape index (κ1) is 9.85. The lowest BCUT2D eigenvalue weighted by molar-refractivity contribution is 1.22. The number of hydrogen-bond donors (Lipinski definition) is 1. The van der Waals surface area contributed by atoms with Crippen LogP contribution in [0, 0.1) is 6.92 Å². The Morgan fingerprint density at radius 1 is 1.46 bits per heavy atom. The summed E-state index contributed by atoms with van der Waals surface area (Å²) in [5.41, 5.74) is 10.5. The molecule has 1 nitrogen and oxygen atoms in total. The maximum Gasteiger partial charge on any atom is 0.0320 e. The summed E-state index contributed by atoms with van der Waals surface area (Å²) < 4.78 is 0. The van der Waals surface area contributed by atoms with E-state index in [4.69, 9.17) is 5.73 Å². The summed E-state index contributed by atoms with van der Waals surface area (Å²) in [6, 6.07) is 6.07. The second-order valence-corrected chi connectivity index (χ2v) is 3.24. The minimum atomic E-state index is 0.841. The Balaban J connectivity index is 3.19. The van der Waals surface area contributed by atoms with Crippen molar-refractivity contribution in [3.05, 3.63) is 35.4 Å². The summed E-state index contributed by atoms with van der Waals surface area (Å²) in [5.74, 6) is 0. The molecule has 0 saturated heterocycles. The maximum atomic E-state index is 5.75. The van der Waals surface area contributed by atoms with E-state index in [0.29, 0.717) is 0 Å². The highest BCUT2D eigenvalue weighted by molar-refractivity contribution is 5.70. The fraction of sp³-hybridized carbons (Fsp3) is 0.333. The average Bonchev–Trinajstić information content (AvgIpc) is 2.13. The number of nitrogen functional groups attached to an aromatic ring is 1. The van der Waals surface area contributed by atoms with Gasteiger partial charge in [-0.1, -0.05) is 19.1 Å². The molecule has 0 aromatic heterocycles. The zero-order chi connectivity index (χ0) is 9.84. The number of allylic oxidation sites excluding steroid dienone is 2. The van der Waals surface area contributed by atoms with Crippen LogP contribution < -0.4 is 5.73 Å². The predicted octanol–water partition coefficient (Wildman–Crippen LogP) is 3.39. The molecule has 70 valence electrons. The topological polar surface area (TPSA) is 26.0 Å². The molecular weight excluding hydrogens is 158 g/mol. The zero-order valence-corrected chi connectivity index (χ0v) is 8.59. The van der Waals surface area contributed by atoms with E-state index >= 15 is 0 Å². The van der Waals surface area contributed by atoms with Gasteiger partial charge in [-0.05, 0) is 49.1 Å². The fourth-order valence-corrected chi connectivity index (χ4v) is 1.54. The first-order chi connectivity index (χ1) is 6.19. The van der Waals surface area contributed by atoms with Crippen LogP contribution in [0.5, 0.6) is 0 Å². The van der Waals surface area contributed by atoms with Crippen molar-refractivity contribution in [2.24, 2.45) is 0 Å². The summed E-state index contributed by atoms with van der Waals surface area (Å²) in [6.07, 6.45) is 3.21. The largest absolute Gasteiger partial charge is 0.399 e. The van der Waals surface area contributed by atoms with E-state index in [2.05, 4.69) is 32.9 Å². The second kappa shape index (κ2) is 4.13. The first-order valence-electron chi connectivity index (χ1n) is 4.70. The Kier molecular flexibility index (Phi) is 3.13. The first-order valence-corrected chi connectivity index (χ1v) is 4.70. The van der Waals surface area contributed by atoms with Gasteiger partial charge in [0.1, 0.15) is 0 Å². The van der Waals surface area contributed by atoms with Crippen LogP contribution in [0.2, 0.25) is 0 Å². The van der Waals surface area contributed by atoms with Crippen molar-refractivity contribution >= 4 is 11.3 Å². The molecule has 13 heavy (non-hydrogen) atoms. The van der Waals surface area contributed by atoms with Crippen LogP contribution in [-0.4, -0.2) is 0 Å². The van der Waals surface area contributed by atoms with Gasteiger partial charge in [-0.2, -0.15) is 0 Å². The lowest BCUT2D eigenvalue weighted by Gasteiger charge is -2.09. The Labute approximate surface area is 80.3 Å². The molecule has 0 aliphatic carbocycles. The van der Waals surface area contributed by atoms with E-state index < -0.39 is 0 Å². The molecule has 0 spiro atoms. The molecule has 0 atom stereocenters. The molecule has 0 bridgehead atoms. The van der Waals surface area contributed by atoms with Crippen LogP contribution >= 0.6 is 0 Å². The Bertz CT molecular complexity index is 324. The van der Waals surface area contributed by atoms with Crippen molar-refractivity contribution in [1.82, 2.24) is 0 Å². The van der Waals surface area contributed by atoms with Gasteiger partial charge in [-0.3, -0.25) is 0 Å². The number of anilines is 1. The highest BCUT2D eigenvalue weighted by atomic mass is 14.5. The smallest absolute Gasteiger partial charge is 0.0320 e. The summed E-state index contributed by atoms with van der Waals surface area (Å²) in [7, 11) is 0.